The quantitative estimate of drug-likeness (QED) is 0.769. The molecule has 0 aromatic heterocycles. The fourth-order valence-electron chi connectivity index (χ4n) is 4.22. The number of rotatable bonds is 6. The fourth-order valence-corrected chi connectivity index (χ4v) is 4.22. The molecule has 0 bridgehead atoms. The summed E-state index contributed by atoms with van der Waals surface area (Å²) in [7, 11) is 1.58. The van der Waals surface area contributed by atoms with Crippen molar-refractivity contribution >= 4 is 5.91 Å². The molecule has 0 saturated carbocycles. The Bertz CT molecular complexity index is 673. The number of likely N-dealkylation sites (tertiary alicyclic amines) is 1. The number of benzene rings is 1. The number of carbonyl (C=O) groups is 1. The van der Waals surface area contributed by atoms with Crippen molar-refractivity contribution in [3.63, 3.8) is 0 Å². The number of aliphatic hydroxyl groups is 1. The molecule has 7 heteroatoms. The molecular formula is C21H32N2O5. The lowest BCUT2D eigenvalue weighted by Gasteiger charge is -2.47. The summed E-state index contributed by atoms with van der Waals surface area (Å²) >= 11 is 0. The number of methoxy groups -OCH3 is 1. The second kappa shape index (κ2) is 9.11. The summed E-state index contributed by atoms with van der Waals surface area (Å²) in [6.45, 7) is 3.99. The molecule has 1 aromatic carbocycles. The summed E-state index contributed by atoms with van der Waals surface area (Å²) in [6.07, 6.45) is 3.51. The number of piperidine rings is 1. The first-order valence-corrected chi connectivity index (χ1v) is 10.2. The average Bonchev–Trinajstić information content (AvgIpc) is 2.71. The van der Waals surface area contributed by atoms with Gasteiger partial charge >= 0.3 is 0 Å². The van der Waals surface area contributed by atoms with Crippen LogP contribution in [-0.2, 0) is 4.74 Å². The maximum absolute atomic E-state index is 13.1. The van der Waals surface area contributed by atoms with Crippen molar-refractivity contribution in [2.45, 2.75) is 56.8 Å². The van der Waals surface area contributed by atoms with Crippen LogP contribution < -0.4 is 15.2 Å². The normalized spacial score (nSPS) is 24.2. The molecule has 2 heterocycles. The third-order valence-corrected chi connectivity index (χ3v) is 5.77. The van der Waals surface area contributed by atoms with Gasteiger partial charge in [0.2, 0.25) is 0 Å². The molecule has 3 rings (SSSR count). The van der Waals surface area contributed by atoms with Gasteiger partial charge in [0.1, 0.15) is 18.1 Å². The second-order valence-electron chi connectivity index (χ2n) is 7.72. The first-order chi connectivity index (χ1) is 13.5. The first-order valence-electron chi connectivity index (χ1n) is 10.2. The molecule has 3 N–H and O–H groups in total. The smallest absolute Gasteiger partial charge is 0.257 e. The van der Waals surface area contributed by atoms with Gasteiger partial charge < -0.3 is 30.0 Å². The molecule has 2 atom stereocenters. The van der Waals surface area contributed by atoms with Crippen LogP contribution in [0.2, 0.25) is 0 Å². The van der Waals surface area contributed by atoms with E-state index in [1.54, 1.807) is 25.3 Å². The Balaban J connectivity index is 1.70. The number of carbonyl (C=O) groups excluding carboxylic acids is 1. The van der Waals surface area contributed by atoms with Gasteiger partial charge in [-0.1, -0.05) is 6.92 Å². The van der Waals surface area contributed by atoms with Gasteiger partial charge in [-0.2, -0.15) is 0 Å². The summed E-state index contributed by atoms with van der Waals surface area (Å²) in [5.74, 6) is 1.06. The zero-order valence-corrected chi connectivity index (χ0v) is 16.9. The van der Waals surface area contributed by atoms with E-state index in [-0.39, 0.29) is 23.7 Å². The van der Waals surface area contributed by atoms with E-state index in [0.717, 1.165) is 19.3 Å². The predicted molar refractivity (Wildman–Crippen MR) is 106 cm³/mol. The van der Waals surface area contributed by atoms with Gasteiger partial charge in [-0.25, -0.2) is 0 Å². The molecule has 2 saturated heterocycles. The van der Waals surface area contributed by atoms with Crippen LogP contribution in [0.4, 0.5) is 0 Å². The van der Waals surface area contributed by atoms with E-state index in [0.29, 0.717) is 56.1 Å². The summed E-state index contributed by atoms with van der Waals surface area (Å²) in [5, 5.41) is 10.3. The molecule has 0 radical (unpaired) electrons. The van der Waals surface area contributed by atoms with E-state index in [2.05, 4.69) is 6.92 Å². The molecule has 1 aromatic rings. The van der Waals surface area contributed by atoms with E-state index < -0.39 is 0 Å². The minimum Gasteiger partial charge on any atom is -0.497 e. The maximum atomic E-state index is 13.1. The minimum atomic E-state index is -0.321. The molecule has 7 nitrogen and oxygen atoms in total. The third-order valence-electron chi connectivity index (χ3n) is 5.77. The Morgan fingerprint density at radius 2 is 2.14 bits per heavy atom. The van der Waals surface area contributed by atoms with Crippen molar-refractivity contribution in [1.82, 2.24) is 4.90 Å². The van der Waals surface area contributed by atoms with Crippen LogP contribution in [-0.4, -0.2) is 67.1 Å². The van der Waals surface area contributed by atoms with Crippen molar-refractivity contribution < 1.29 is 24.1 Å². The fraction of sp³-hybridized carbons (Fsp3) is 0.667. The number of nitrogens with two attached hydrogens (primary N) is 1. The number of aliphatic hydroxyl groups excluding tert-OH is 1. The van der Waals surface area contributed by atoms with E-state index in [4.69, 9.17) is 19.9 Å². The van der Waals surface area contributed by atoms with Crippen LogP contribution >= 0.6 is 0 Å². The van der Waals surface area contributed by atoms with Crippen molar-refractivity contribution in [3.05, 3.63) is 23.8 Å². The Morgan fingerprint density at radius 1 is 1.39 bits per heavy atom. The van der Waals surface area contributed by atoms with E-state index >= 15 is 0 Å². The highest BCUT2D eigenvalue weighted by molar-refractivity contribution is 5.97. The Labute approximate surface area is 166 Å². The van der Waals surface area contributed by atoms with Crippen molar-refractivity contribution in [2.75, 3.05) is 33.4 Å². The van der Waals surface area contributed by atoms with Gasteiger partial charge in [0.25, 0.3) is 5.91 Å². The van der Waals surface area contributed by atoms with E-state index in [1.807, 2.05) is 4.90 Å². The molecule has 1 spiro atoms. The molecule has 0 aliphatic carbocycles. The highest BCUT2D eigenvalue weighted by Crippen LogP contribution is 2.39. The molecule has 2 aliphatic rings. The van der Waals surface area contributed by atoms with E-state index in [1.165, 1.54) is 0 Å². The van der Waals surface area contributed by atoms with Gasteiger partial charge in [-0.3, -0.25) is 4.79 Å². The average molecular weight is 392 g/mol. The summed E-state index contributed by atoms with van der Waals surface area (Å²) < 4.78 is 17.2. The lowest BCUT2D eigenvalue weighted by atomic mass is 9.81. The third kappa shape index (κ3) is 4.59. The van der Waals surface area contributed by atoms with Gasteiger partial charge in [-0.15, -0.1) is 0 Å². The Kier molecular flexibility index (Phi) is 6.80. The molecule has 0 unspecified atom stereocenters. The van der Waals surface area contributed by atoms with Gasteiger partial charge in [0.15, 0.2) is 0 Å². The number of nitrogens with zero attached hydrogens (tertiary/aromatic N) is 1. The van der Waals surface area contributed by atoms with Crippen LogP contribution in [0.25, 0.3) is 0 Å². The van der Waals surface area contributed by atoms with Crippen molar-refractivity contribution in [3.8, 4) is 11.5 Å². The predicted octanol–water partition coefficient (Wildman–Crippen LogP) is 1.96. The highest BCUT2D eigenvalue weighted by Gasteiger charge is 2.43. The van der Waals surface area contributed by atoms with Crippen LogP contribution in [0.1, 0.15) is 49.4 Å². The van der Waals surface area contributed by atoms with Crippen molar-refractivity contribution in [2.24, 2.45) is 5.73 Å². The van der Waals surface area contributed by atoms with Crippen LogP contribution in [0.5, 0.6) is 11.5 Å². The number of hydrogen-bond donors (Lipinski definition) is 2. The number of amides is 1. The van der Waals surface area contributed by atoms with Gasteiger partial charge in [-0.05, 0) is 37.8 Å². The van der Waals surface area contributed by atoms with Crippen LogP contribution in [0.3, 0.4) is 0 Å². The summed E-state index contributed by atoms with van der Waals surface area (Å²) in [5.41, 5.74) is 5.75. The topological polar surface area (TPSA) is 94.2 Å². The van der Waals surface area contributed by atoms with Crippen LogP contribution in [0, 0.1) is 0 Å². The van der Waals surface area contributed by atoms with Crippen molar-refractivity contribution in [1.29, 1.82) is 0 Å². The molecule has 156 valence electrons. The van der Waals surface area contributed by atoms with Gasteiger partial charge in [0.05, 0.1) is 30.5 Å². The Hall–Kier alpha value is -1.83. The van der Waals surface area contributed by atoms with Crippen LogP contribution in [0.15, 0.2) is 18.2 Å². The summed E-state index contributed by atoms with van der Waals surface area (Å²) in [4.78, 5) is 15.0. The lowest BCUT2D eigenvalue weighted by Crippen LogP contribution is -2.53. The first kappa shape index (κ1) is 20.9. The SMILES string of the molecule is CC[C@H]1C[C@@H](O)CC2(CCN(C(=O)c3ccc(OC)cc3OCCN)CC2)O1. The number of hydrogen-bond acceptors (Lipinski definition) is 6. The zero-order valence-electron chi connectivity index (χ0n) is 16.9. The van der Waals surface area contributed by atoms with E-state index in [9.17, 15) is 9.90 Å². The summed E-state index contributed by atoms with van der Waals surface area (Å²) in [6, 6.07) is 5.23. The monoisotopic (exact) mass is 392 g/mol. The molecule has 1 amide bonds. The Morgan fingerprint density at radius 3 is 2.79 bits per heavy atom. The lowest BCUT2D eigenvalue weighted by molar-refractivity contribution is -0.179. The maximum Gasteiger partial charge on any atom is 0.257 e. The highest BCUT2D eigenvalue weighted by atomic mass is 16.5. The standard InChI is InChI=1S/C21H32N2O5/c1-3-16-12-15(24)14-21(28-16)6-9-23(10-7-21)20(25)18-5-4-17(26-2)13-19(18)27-11-8-22/h4-5,13,15-16,24H,3,6-12,14,22H2,1-2H3/t15-,16+/m1/s1. The molecule has 2 aliphatic heterocycles. The molecular weight excluding hydrogens is 360 g/mol. The van der Waals surface area contributed by atoms with Gasteiger partial charge in [0, 0.05) is 32.1 Å². The second-order valence-corrected chi connectivity index (χ2v) is 7.72. The largest absolute Gasteiger partial charge is 0.497 e. The zero-order chi connectivity index (χ0) is 20.1. The number of ether oxygens (including phenoxy) is 3. The molecule has 28 heavy (non-hydrogen) atoms. The minimum absolute atomic E-state index is 0.0621. The molecule has 2 fully saturated rings.